The van der Waals surface area contributed by atoms with Gasteiger partial charge in [-0.3, -0.25) is 0 Å². The molecule has 6 heteroatoms. The van der Waals surface area contributed by atoms with Crippen LogP contribution in [-0.2, 0) is 0 Å². The van der Waals surface area contributed by atoms with E-state index in [-0.39, 0.29) is 18.0 Å². The van der Waals surface area contributed by atoms with Crippen LogP contribution in [0, 0.1) is 22.9 Å². The third-order valence-electron chi connectivity index (χ3n) is 2.65. The van der Waals surface area contributed by atoms with Crippen molar-refractivity contribution in [1.29, 1.82) is 0 Å². The molecule has 0 unspecified atom stereocenters. The summed E-state index contributed by atoms with van der Waals surface area (Å²) in [4.78, 5) is 0. The molecule has 0 aromatic heterocycles. The molecule has 104 valence electrons. The van der Waals surface area contributed by atoms with Crippen molar-refractivity contribution in [2.24, 2.45) is 11.1 Å². The number of hydrogen-bond donors (Lipinski definition) is 2. The van der Waals surface area contributed by atoms with Gasteiger partial charge < -0.3 is 10.8 Å². The van der Waals surface area contributed by atoms with Gasteiger partial charge in [0.1, 0.15) is 0 Å². The molecule has 0 amide bonds. The first-order valence-corrected chi connectivity index (χ1v) is 5.23. The first-order valence-electron chi connectivity index (χ1n) is 5.23. The zero-order valence-corrected chi connectivity index (χ0v) is 11.2. The third-order valence-corrected chi connectivity index (χ3v) is 2.65. The van der Waals surface area contributed by atoms with Crippen LogP contribution < -0.4 is 5.73 Å². The Bertz CT molecular complexity index is 421. The summed E-state index contributed by atoms with van der Waals surface area (Å²) in [6, 6.07) is 0.737. The van der Waals surface area contributed by atoms with Crippen molar-refractivity contribution in [2.75, 3.05) is 0 Å². The SMILES string of the molecule is CC(C)(C)[C@H](O)[C@H](N)c1ccc(F)c(F)c1F.Cl. The Morgan fingerprint density at radius 2 is 1.61 bits per heavy atom. The van der Waals surface area contributed by atoms with Gasteiger partial charge in [-0.05, 0) is 11.5 Å². The topological polar surface area (TPSA) is 46.2 Å². The molecule has 18 heavy (non-hydrogen) atoms. The van der Waals surface area contributed by atoms with Gasteiger partial charge in [-0.15, -0.1) is 12.4 Å². The van der Waals surface area contributed by atoms with Crippen molar-refractivity contribution in [3.05, 3.63) is 35.1 Å². The fraction of sp³-hybridized carbons (Fsp3) is 0.500. The number of hydrogen-bond acceptors (Lipinski definition) is 2. The van der Waals surface area contributed by atoms with Gasteiger partial charge in [-0.1, -0.05) is 26.8 Å². The van der Waals surface area contributed by atoms with Gasteiger partial charge in [-0.2, -0.15) is 0 Å². The summed E-state index contributed by atoms with van der Waals surface area (Å²) in [5, 5.41) is 9.88. The summed E-state index contributed by atoms with van der Waals surface area (Å²) >= 11 is 0. The Morgan fingerprint density at radius 1 is 1.11 bits per heavy atom. The molecule has 0 radical (unpaired) electrons. The Balaban J connectivity index is 0.00000289. The summed E-state index contributed by atoms with van der Waals surface area (Å²) in [5.41, 5.74) is 4.85. The molecule has 0 saturated heterocycles. The van der Waals surface area contributed by atoms with Crippen LogP contribution in [0.4, 0.5) is 13.2 Å². The lowest BCUT2D eigenvalue weighted by Crippen LogP contribution is -2.37. The van der Waals surface area contributed by atoms with Gasteiger partial charge in [-0.25, -0.2) is 13.2 Å². The second-order valence-corrected chi connectivity index (χ2v) is 5.10. The summed E-state index contributed by atoms with van der Waals surface area (Å²) < 4.78 is 39.2. The van der Waals surface area contributed by atoms with E-state index in [4.69, 9.17) is 5.73 Å². The highest BCUT2D eigenvalue weighted by Crippen LogP contribution is 2.30. The van der Waals surface area contributed by atoms with Crippen molar-refractivity contribution >= 4 is 12.4 Å². The van der Waals surface area contributed by atoms with E-state index in [1.165, 1.54) is 0 Å². The molecule has 1 rings (SSSR count). The second kappa shape index (κ2) is 5.91. The van der Waals surface area contributed by atoms with Crippen LogP contribution in [0.3, 0.4) is 0 Å². The largest absolute Gasteiger partial charge is 0.391 e. The lowest BCUT2D eigenvalue weighted by Gasteiger charge is -2.31. The first kappa shape index (κ1) is 17.2. The average Bonchev–Trinajstić information content (AvgIpc) is 2.23. The Kier molecular flexibility index (Phi) is 5.65. The van der Waals surface area contributed by atoms with E-state index in [2.05, 4.69) is 0 Å². The zero-order chi connectivity index (χ0) is 13.4. The van der Waals surface area contributed by atoms with Gasteiger partial charge >= 0.3 is 0 Å². The van der Waals surface area contributed by atoms with E-state index < -0.39 is 35.0 Å². The van der Waals surface area contributed by atoms with Gasteiger partial charge in [0.05, 0.1) is 12.1 Å². The quantitative estimate of drug-likeness (QED) is 0.820. The van der Waals surface area contributed by atoms with Crippen LogP contribution in [0.25, 0.3) is 0 Å². The van der Waals surface area contributed by atoms with E-state index in [9.17, 15) is 18.3 Å². The molecule has 0 aliphatic heterocycles. The predicted molar refractivity (Wildman–Crippen MR) is 66.0 cm³/mol. The number of aliphatic hydroxyl groups is 1. The molecule has 0 bridgehead atoms. The normalized spacial score (nSPS) is 14.9. The maximum atomic E-state index is 13.5. The number of rotatable bonds is 2. The van der Waals surface area contributed by atoms with Crippen LogP contribution in [0.1, 0.15) is 32.4 Å². The van der Waals surface area contributed by atoms with E-state index in [1.54, 1.807) is 20.8 Å². The molecular formula is C12H17ClF3NO. The molecule has 0 fully saturated rings. The Morgan fingerprint density at radius 3 is 2.06 bits per heavy atom. The molecule has 0 aliphatic rings. The Hall–Kier alpha value is -0.780. The molecule has 0 heterocycles. The zero-order valence-electron chi connectivity index (χ0n) is 10.4. The fourth-order valence-electron chi connectivity index (χ4n) is 1.51. The molecule has 0 aliphatic carbocycles. The summed E-state index contributed by atoms with van der Waals surface area (Å²) in [6.45, 7) is 5.15. The van der Waals surface area contributed by atoms with Crippen LogP contribution in [0.2, 0.25) is 0 Å². The molecule has 2 atom stereocenters. The van der Waals surface area contributed by atoms with Crippen molar-refractivity contribution in [3.8, 4) is 0 Å². The summed E-state index contributed by atoms with van der Waals surface area (Å²) in [7, 11) is 0. The lowest BCUT2D eigenvalue weighted by molar-refractivity contribution is 0.0389. The second-order valence-electron chi connectivity index (χ2n) is 5.10. The molecule has 2 nitrogen and oxygen atoms in total. The fourth-order valence-corrected chi connectivity index (χ4v) is 1.51. The van der Waals surface area contributed by atoms with Crippen LogP contribution >= 0.6 is 12.4 Å². The van der Waals surface area contributed by atoms with Crippen molar-refractivity contribution in [3.63, 3.8) is 0 Å². The summed E-state index contributed by atoms with van der Waals surface area (Å²) in [5.74, 6) is -4.19. The van der Waals surface area contributed by atoms with Gasteiger partial charge in [0.15, 0.2) is 17.5 Å². The van der Waals surface area contributed by atoms with Crippen molar-refractivity contribution < 1.29 is 18.3 Å². The number of aliphatic hydroxyl groups excluding tert-OH is 1. The number of benzene rings is 1. The minimum Gasteiger partial charge on any atom is -0.391 e. The highest BCUT2D eigenvalue weighted by molar-refractivity contribution is 5.85. The van der Waals surface area contributed by atoms with Crippen molar-refractivity contribution in [1.82, 2.24) is 0 Å². The average molecular weight is 284 g/mol. The van der Waals surface area contributed by atoms with Gasteiger partial charge in [0, 0.05) is 5.56 Å². The molecule has 0 spiro atoms. The van der Waals surface area contributed by atoms with Crippen molar-refractivity contribution in [2.45, 2.75) is 32.9 Å². The van der Waals surface area contributed by atoms with E-state index in [1.807, 2.05) is 0 Å². The highest BCUT2D eigenvalue weighted by Gasteiger charge is 2.31. The molecule has 1 aromatic rings. The number of nitrogens with two attached hydrogens (primary N) is 1. The lowest BCUT2D eigenvalue weighted by atomic mass is 9.82. The van der Waals surface area contributed by atoms with E-state index >= 15 is 0 Å². The summed E-state index contributed by atoms with van der Waals surface area (Å²) in [6.07, 6.45) is -1.07. The molecule has 1 aromatic carbocycles. The van der Waals surface area contributed by atoms with Crippen LogP contribution in [0.5, 0.6) is 0 Å². The maximum absolute atomic E-state index is 13.5. The maximum Gasteiger partial charge on any atom is 0.194 e. The smallest absolute Gasteiger partial charge is 0.194 e. The monoisotopic (exact) mass is 283 g/mol. The Labute approximate surface area is 110 Å². The standard InChI is InChI=1S/C12H16F3NO.ClH/c1-12(2,3)11(17)10(16)6-4-5-7(13)9(15)8(6)14;/h4-5,10-11,17H,16H2,1-3H3;1H/t10-,11-;/m1./s1. The molecule has 3 N–H and O–H groups in total. The van der Waals surface area contributed by atoms with Crippen LogP contribution in [0.15, 0.2) is 12.1 Å². The molecule has 0 saturated carbocycles. The number of halogens is 4. The minimum absolute atomic E-state index is 0. The first-order chi connectivity index (χ1) is 7.66. The highest BCUT2D eigenvalue weighted by atomic mass is 35.5. The van der Waals surface area contributed by atoms with Gasteiger partial charge in [0.2, 0.25) is 0 Å². The molecular weight excluding hydrogens is 267 g/mol. The van der Waals surface area contributed by atoms with E-state index in [0.717, 1.165) is 12.1 Å². The van der Waals surface area contributed by atoms with Gasteiger partial charge in [0.25, 0.3) is 0 Å². The third kappa shape index (κ3) is 3.37. The van der Waals surface area contributed by atoms with E-state index in [0.29, 0.717) is 0 Å². The van der Waals surface area contributed by atoms with Crippen LogP contribution in [-0.4, -0.2) is 11.2 Å². The minimum atomic E-state index is -1.57. The predicted octanol–water partition coefficient (Wildman–Crippen LogP) is 2.93.